The standard InChI is InChI=1S/C13H21ClO/c1-11(7-5-9-13(3)15)6-4-8-12(2)10-14/h7-8H,4-6,9-10H2,1-3H3/b11-7+,12-8+. The first kappa shape index (κ1) is 14.4. The lowest BCUT2D eigenvalue weighted by atomic mass is 10.1. The quantitative estimate of drug-likeness (QED) is 0.470. The lowest BCUT2D eigenvalue weighted by molar-refractivity contribution is -0.116. The number of halogens is 1. The summed E-state index contributed by atoms with van der Waals surface area (Å²) < 4.78 is 0. The van der Waals surface area contributed by atoms with Gasteiger partial charge in [-0.1, -0.05) is 23.3 Å². The second kappa shape index (κ2) is 8.72. The predicted octanol–water partition coefficient (Wildman–Crippen LogP) is 4.27. The Kier molecular flexibility index (Phi) is 8.40. The summed E-state index contributed by atoms with van der Waals surface area (Å²) in [6.07, 6.45) is 7.97. The van der Waals surface area contributed by atoms with Crippen molar-refractivity contribution in [3.8, 4) is 0 Å². The maximum atomic E-state index is 10.7. The maximum absolute atomic E-state index is 10.7. The zero-order valence-corrected chi connectivity index (χ0v) is 10.7. The largest absolute Gasteiger partial charge is 0.300 e. The number of Topliss-reactive ketones (excluding diaryl/α,β-unsaturated/α-hetero) is 1. The highest BCUT2D eigenvalue weighted by Gasteiger charge is 1.92. The van der Waals surface area contributed by atoms with Crippen molar-refractivity contribution >= 4 is 17.4 Å². The Bertz CT molecular complexity index is 251. The van der Waals surface area contributed by atoms with Crippen molar-refractivity contribution < 1.29 is 4.79 Å². The van der Waals surface area contributed by atoms with Crippen molar-refractivity contribution in [1.29, 1.82) is 0 Å². The van der Waals surface area contributed by atoms with E-state index in [1.165, 1.54) is 11.1 Å². The normalized spacial score (nSPS) is 13.1. The van der Waals surface area contributed by atoms with E-state index >= 15 is 0 Å². The molecule has 1 nitrogen and oxygen atoms in total. The van der Waals surface area contributed by atoms with Gasteiger partial charge in [-0.25, -0.2) is 0 Å². The smallest absolute Gasteiger partial charge is 0.130 e. The zero-order valence-electron chi connectivity index (χ0n) is 9.98. The molecule has 0 spiro atoms. The van der Waals surface area contributed by atoms with E-state index in [4.69, 9.17) is 11.6 Å². The molecule has 2 heteroatoms. The number of hydrogen-bond acceptors (Lipinski definition) is 1. The molecule has 0 atom stereocenters. The molecule has 0 heterocycles. The van der Waals surface area contributed by atoms with Crippen molar-refractivity contribution in [2.45, 2.75) is 46.5 Å². The number of carbonyl (C=O) groups excluding carboxylic acids is 1. The van der Waals surface area contributed by atoms with Crippen LogP contribution in [0.5, 0.6) is 0 Å². The van der Waals surface area contributed by atoms with Crippen molar-refractivity contribution in [1.82, 2.24) is 0 Å². The molecular formula is C13H21ClO. The van der Waals surface area contributed by atoms with Crippen LogP contribution in [0.2, 0.25) is 0 Å². The molecule has 0 aromatic heterocycles. The molecule has 15 heavy (non-hydrogen) atoms. The van der Waals surface area contributed by atoms with Gasteiger partial charge in [0.05, 0.1) is 0 Å². The summed E-state index contributed by atoms with van der Waals surface area (Å²) >= 11 is 5.67. The Morgan fingerprint density at radius 3 is 2.07 bits per heavy atom. The van der Waals surface area contributed by atoms with Crippen LogP contribution in [0.3, 0.4) is 0 Å². The molecule has 0 amide bonds. The van der Waals surface area contributed by atoms with Crippen molar-refractivity contribution in [3.63, 3.8) is 0 Å². The third-order valence-corrected chi connectivity index (χ3v) is 2.65. The van der Waals surface area contributed by atoms with E-state index in [1.807, 2.05) is 6.92 Å². The van der Waals surface area contributed by atoms with Gasteiger partial charge in [-0.15, -0.1) is 11.6 Å². The minimum absolute atomic E-state index is 0.261. The lowest BCUT2D eigenvalue weighted by Crippen LogP contribution is -1.87. The summed E-state index contributed by atoms with van der Waals surface area (Å²) in [6.45, 7) is 5.79. The number of alkyl halides is 1. The Hall–Kier alpha value is -0.560. The van der Waals surface area contributed by atoms with Gasteiger partial charge in [0.15, 0.2) is 0 Å². The van der Waals surface area contributed by atoms with Crippen LogP contribution >= 0.6 is 11.6 Å². The molecule has 0 bridgehead atoms. The first-order valence-electron chi connectivity index (χ1n) is 5.43. The second-order valence-corrected chi connectivity index (χ2v) is 4.28. The number of rotatable bonds is 7. The second-order valence-electron chi connectivity index (χ2n) is 4.01. The molecule has 0 radical (unpaired) electrons. The minimum Gasteiger partial charge on any atom is -0.300 e. The maximum Gasteiger partial charge on any atom is 0.130 e. The molecule has 0 N–H and O–H groups in total. The van der Waals surface area contributed by atoms with E-state index in [0.29, 0.717) is 12.3 Å². The summed E-state index contributed by atoms with van der Waals surface area (Å²) in [5, 5.41) is 0. The van der Waals surface area contributed by atoms with Crippen LogP contribution in [0.1, 0.15) is 46.5 Å². The Balaban J connectivity index is 3.73. The Morgan fingerprint density at radius 1 is 1.00 bits per heavy atom. The molecule has 0 aromatic carbocycles. The molecule has 0 aliphatic rings. The molecule has 0 unspecified atom stereocenters. The Morgan fingerprint density at radius 2 is 1.53 bits per heavy atom. The molecule has 0 aliphatic carbocycles. The monoisotopic (exact) mass is 228 g/mol. The van der Waals surface area contributed by atoms with Gasteiger partial charge in [0.2, 0.25) is 0 Å². The van der Waals surface area contributed by atoms with E-state index < -0.39 is 0 Å². The summed E-state index contributed by atoms with van der Waals surface area (Å²) in [7, 11) is 0. The van der Waals surface area contributed by atoms with Crippen LogP contribution in [-0.4, -0.2) is 11.7 Å². The van der Waals surface area contributed by atoms with Crippen molar-refractivity contribution in [3.05, 3.63) is 23.3 Å². The van der Waals surface area contributed by atoms with Crippen LogP contribution in [-0.2, 0) is 4.79 Å². The lowest BCUT2D eigenvalue weighted by Gasteiger charge is -1.99. The van der Waals surface area contributed by atoms with E-state index in [-0.39, 0.29) is 5.78 Å². The highest BCUT2D eigenvalue weighted by atomic mass is 35.5. The van der Waals surface area contributed by atoms with Crippen LogP contribution in [0.25, 0.3) is 0 Å². The average Bonchev–Trinajstić information content (AvgIpc) is 2.17. The van der Waals surface area contributed by atoms with E-state index in [1.54, 1.807) is 6.92 Å². The number of allylic oxidation sites excluding steroid dienone is 4. The fourth-order valence-corrected chi connectivity index (χ4v) is 1.33. The molecule has 0 aromatic rings. The highest BCUT2D eigenvalue weighted by Crippen LogP contribution is 2.09. The number of carbonyl (C=O) groups is 1. The summed E-state index contributed by atoms with van der Waals surface area (Å²) in [5.41, 5.74) is 2.59. The Labute approximate surface area is 98.2 Å². The van der Waals surface area contributed by atoms with Gasteiger partial charge in [-0.05, 0) is 40.0 Å². The van der Waals surface area contributed by atoms with E-state index in [2.05, 4.69) is 19.1 Å². The molecule has 86 valence electrons. The van der Waals surface area contributed by atoms with Crippen LogP contribution < -0.4 is 0 Å². The summed E-state index contributed by atoms with van der Waals surface area (Å²) in [5.74, 6) is 0.879. The van der Waals surface area contributed by atoms with Crippen LogP contribution in [0, 0.1) is 0 Å². The molecular weight excluding hydrogens is 208 g/mol. The SMILES string of the molecule is CC(=O)CC/C=C(\C)CC/C=C(\C)CCl. The van der Waals surface area contributed by atoms with E-state index in [9.17, 15) is 4.79 Å². The first-order chi connectivity index (χ1) is 7.06. The topological polar surface area (TPSA) is 17.1 Å². The van der Waals surface area contributed by atoms with Gasteiger partial charge < -0.3 is 4.79 Å². The average molecular weight is 229 g/mol. The molecule has 0 saturated heterocycles. The highest BCUT2D eigenvalue weighted by molar-refractivity contribution is 6.19. The van der Waals surface area contributed by atoms with Gasteiger partial charge in [0.25, 0.3) is 0 Å². The number of ketones is 1. The predicted molar refractivity (Wildman–Crippen MR) is 67.4 cm³/mol. The van der Waals surface area contributed by atoms with Crippen LogP contribution in [0.15, 0.2) is 23.3 Å². The van der Waals surface area contributed by atoms with Gasteiger partial charge >= 0.3 is 0 Å². The first-order valence-corrected chi connectivity index (χ1v) is 5.96. The van der Waals surface area contributed by atoms with Gasteiger partial charge in [0.1, 0.15) is 5.78 Å². The zero-order chi connectivity index (χ0) is 11.7. The third kappa shape index (κ3) is 9.74. The van der Waals surface area contributed by atoms with Crippen LogP contribution in [0.4, 0.5) is 0 Å². The fraction of sp³-hybridized carbons (Fsp3) is 0.615. The third-order valence-electron chi connectivity index (χ3n) is 2.23. The van der Waals surface area contributed by atoms with Gasteiger partial charge in [-0.2, -0.15) is 0 Å². The molecule has 0 saturated carbocycles. The van der Waals surface area contributed by atoms with Crippen molar-refractivity contribution in [2.24, 2.45) is 0 Å². The minimum atomic E-state index is 0.261. The summed E-state index contributed by atoms with van der Waals surface area (Å²) in [4.78, 5) is 10.7. The van der Waals surface area contributed by atoms with Gasteiger partial charge in [0, 0.05) is 12.3 Å². The van der Waals surface area contributed by atoms with Gasteiger partial charge in [-0.3, -0.25) is 0 Å². The summed E-state index contributed by atoms with van der Waals surface area (Å²) in [6, 6.07) is 0. The fourth-order valence-electron chi connectivity index (χ4n) is 1.22. The molecule has 0 fully saturated rings. The van der Waals surface area contributed by atoms with Crippen molar-refractivity contribution in [2.75, 3.05) is 5.88 Å². The van der Waals surface area contributed by atoms with E-state index in [0.717, 1.165) is 19.3 Å². The molecule has 0 aliphatic heterocycles. The number of hydrogen-bond donors (Lipinski definition) is 0. The molecule has 0 rings (SSSR count).